The molecule has 1 aromatic carbocycles. The third-order valence-corrected chi connectivity index (χ3v) is 5.92. The third-order valence-electron chi connectivity index (χ3n) is 4.17. The number of aliphatic hydroxyl groups excluding tert-OH is 1. The van der Waals surface area contributed by atoms with Gasteiger partial charge in [0.15, 0.2) is 9.84 Å². The van der Waals surface area contributed by atoms with Gasteiger partial charge < -0.3 is 15.3 Å². The van der Waals surface area contributed by atoms with Gasteiger partial charge >= 0.3 is 6.03 Å². The Kier molecular flexibility index (Phi) is 4.68. The highest BCUT2D eigenvalue weighted by Crippen LogP contribution is 2.24. The number of amides is 2. The lowest BCUT2D eigenvalue weighted by molar-refractivity contribution is 0.169. The number of fused-ring (bicyclic) bond motifs is 1. The molecule has 1 atom stereocenters. The fourth-order valence-electron chi connectivity index (χ4n) is 3.00. The van der Waals surface area contributed by atoms with E-state index in [2.05, 4.69) is 10.3 Å². The maximum atomic E-state index is 12.6. The number of nitrogens with zero attached hydrogens (tertiary/aromatic N) is 2. The number of carbonyl (C=O) groups is 1. The van der Waals surface area contributed by atoms with E-state index in [4.69, 9.17) is 0 Å². The highest BCUT2D eigenvalue weighted by Gasteiger charge is 2.34. The van der Waals surface area contributed by atoms with Gasteiger partial charge in [0.2, 0.25) is 0 Å². The van der Waals surface area contributed by atoms with E-state index in [1.165, 1.54) is 4.90 Å². The maximum absolute atomic E-state index is 12.6. The highest BCUT2D eigenvalue weighted by molar-refractivity contribution is 7.91. The quantitative estimate of drug-likeness (QED) is 0.865. The topological polar surface area (TPSA) is 99.6 Å². The van der Waals surface area contributed by atoms with Crippen molar-refractivity contribution in [2.75, 3.05) is 30.0 Å². The van der Waals surface area contributed by atoms with Gasteiger partial charge in [0, 0.05) is 35.8 Å². The number of sulfone groups is 1. The molecule has 1 saturated heterocycles. The van der Waals surface area contributed by atoms with Crippen molar-refractivity contribution in [2.45, 2.75) is 12.5 Å². The Labute approximate surface area is 140 Å². The van der Waals surface area contributed by atoms with Gasteiger partial charge in [0.1, 0.15) is 0 Å². The molecule has 2 heterocycles. The fourth-order valence-corrected chi connectivity index (χ4v) is 4.73. The molecule has 2 N–H and O–H groups in total. The minimum atomic E-state index is -3.11. The molecule has 1 aliphatic rings. The number of urea groups is 1. The Balaban J connectivity index is 1.83. The minimum absolute atomic E-state index is 0.0557. The van der Waals surface area contributed by atoms with E-state index in [0.717, 1.165) is 10.8 Å². The first kappa shape index (κ1) is 16.7. The van der Waals surface area contributed by atoms with Crippen molar-refractivity contribution >= 4 is 32.3 Å². The van der Waals surface area contributed by atoms with Gasteiger partial charge in [-0.2, -0.15) is 0 Å². The number of aromatic nitrogens is 1. The van der Waals surface area contributed by atoms with Crippen molar-refractivity contribution in [1.82, 2.24) is 9.88 Å². The Bertz CT molecular complexity index is 848. The zero-order valence-electron chi connectivity index (χ0n) is 13.1. The molecule has 7 nitrogen and oxygen atoms in total. The smallest absolute Gasteiger partial charge is 0.322 e. The SMILES string of the molecule is O=C(Nc1cccc2cnccc12)N(CCO)[C@@H]1CCS(=O)(=O)C1. The van der Waals surface area contributed by atoms with Crippen molar-refractivity contribution in [3.05, 3.63) is 36.7 Å². The molecule has 24 heavy (non-hydrogen) atoms. The monoisotopic (exact) mass is 349 g/mol. The molecular weight excluding hydrogens is 330 g/mol. The van der Waals surface area contributed by atoms with Crippen LogP contribution in [-0.2, 0) is 9.84 Å². The number of pyridine rings is 1. The molecule has 0 bridgehead atoms. The molecule has 8 heteroatoms. The number of hydrogen-bond acceptors (Lipinski definition) is 5. The first-order valence-corrected chi connectivity index (χ1v) is 9.54. The van der Waals surface area contributed by atoms with Crippen LogP contribution in [0.3, 0.4) is 0 Å². The number of nitrogens with one attached hydrogen (secondary N) is 1. The second-order valence-electron chi connectivity index (χ2n) is 5.81. The van der Waals surface area contributed by atoms with E-state index in [1.54, 1.807) is 24.5 Å². The molecule has 0 aliphatic carbocycles. The summed E-state index contributed by atoms with van der Waals surface area (Å²) in [6.45, 7) is -0.123. The molecule has 1 aliphatic heterocycles. The van der Waals surface area contributed by atoms with Gasteiger partial charge in [0.05, 0.1) is 23.8 Å². The molecule has 1 aromatic heterocycles. The van der Waals surface area contributed by atoms with E-state index in [-0.39, 0.29) is 24.7 Å². The number of aliphatic hydroxyl groups is 1. The van der Waals surface area contributed by atoms with Crippen LogP contribution in [0.25, 0.3) is 10.8 Å². The summed E-state index contributed by atoms with van der Waals surface area (Å²) in [5.41, 5.74) is 0.628. The summed E-state index contributed by atoms with van der Waals surface area (Å²) in [4.78, 5) is 18.1. The standard InChI is InChI=1S/C16H19N3O4S/c20-8-7-19(13-5-9-24(22,23)11-13)16(21)18-15-3-1-2-12-10-17-6-4-14(12)15/h1-4,6,10,13,20H,5,7-9,11H2,(H,18,21)/t13-/m1/s1. The summed E-state index contributed by atoms with van der Waals surface area (Å²) in [6.07, 6.45) is 3.75. The van der Waals surface area contributed by atoms with Crippen LogP contribution in [0.4, 0.5) is 10.5 Å². The second-order valence-corrected chi connectivity index (χ2v) is 8.04. The number of rotatable bonds is 4. The van der Waals surface area contributed by atoms with Crippen LogP contribution in [0.2, 0.25) is 0 Å². The minimum Gasteiger partial charge on any atom is -0.395 e. The van der Waals surface area contributed by atoms with Crippen molar-refractivity contribution in [3.63, 3.8) is 0 Å². The van der Waals surface area contributed by atoms with E-state index in [1.807, 2.05) is 12.1 Å². The van der Waals surface area contributed by atoms with Gasteiger partial charge in [-0.05, 0) is 18.6 Å². The van der Waals surface area contributed by atoms with Gasteiger partial charge in [-0.25, -0.2) is 13.2 Å². The average Bonchev–Trinajstić information content (AvgIpc) is 2.92. The average molecular weight is 349 g/mol. The van der Waals surface area contributed by atoms with Crippen molar-refractivity contribution in [3.8, 4) is 0 Å². The van der Waals surface area contributed by atoms with Gasteiger partial charge in [0.25, 0.3) is 0 Å². The molecule has 2 amide bonds. The first-order valence-electron chi connectivity index (χ1n) is 7.72. The van der Waals surface area contributed by atoms with Crippen LogP contribution in [0, 0.1) is 0 Å². The third kappa shape index (κ3) is 3.49. The number of carbonyl (C=O) groups excluding carboxylic acids is 1. The summed E-state index contributed by atoms with van der Waals surface area (Å²) >= 11 is 0. The summed E-state index contributed by atoms with van der Waals surface area (Å²) in [6, 6.07) is 6.49. The first-order chi connectivity index (χ1) is 11.5. The summed E-state index contributed by atoms with van der Waals surface area (Å²) in [7, 11) is -3.11. The second kappa shape index (κ2) is 6.74. The summed E-state index contributed by atoms with van der Waals surface area (Å²) in [5.74, 6) is 0.0205. The lowest BCUT2D eigenvalue weighted by atomic mass is 10.1. The number of benzene rings is 1. The van der Waals surface area contributed by atoms with Crippen molar-refractivity contribution in [1.29, 1.82) is 0 Å². The maximum Gasteiger partial charge on any atom is 0.322 e. The van der Waals surface area contributed by atoms with E-state index < -0.39 is 21.9 Å². The largest absolute Gasteiger partial charge is 0.395 e. The molecule has 0 spiro atoms. The zero-order chi connectivity index (χ0) is 17.2. The molecule has 2 aromatic rings. The molecule has 128 valence electrons. The normalized spacial score (nSPS) is 19.3. The lowest BCUT2D eigenvalue weighted by Crippen LogP contribution is -2.45. The van der Waals surface area contributed by atoms with Crippen LogP contribution < -0.4 is 5.32 Å². The Morgan fingerprint density at radius 3 is 2.92 bits per heavy atom. The number of anilines is 1. The summed E-state index contributed by atoms with van der Waals surface area (Å²) in [5, 5.41) is 13.8. The van der Waals surface area contributed by atoms with Gasteiger partial charge in [-0.15, -0.1) is 0 Å². The molecule has 3 rings (SSSR count). The number of hydrogen-bond donors (Lipinski definition) is 2. The molecule has 0 saturated carbocycles. The van der Waals surface area contributed by atoms with E-state index in [9.17, 15) is 18.3 Å². The highest BCUT2D eigenvalue weighted by atomic mass is 32.2. The summed E-state index contributed by atoms with van der Waals surface area (Å²) < 4.78 is 23.4. The Morgan fingerprint density at radius 1 is 1.38 bits per heavy atom. The van der Waals surface area contributed by atoms with Gasteiger partial charge in [-0.3, -0.25) is 4.98 Å². The Morgan fingerprint density at radius 2 is 2.21 bits per heavy atom. The van der Waals surface area contributed by atoms with Crippen LogP contribution in [-0.4, -0.2) is 60.1 Å². The predicted molar refractivity (Wildman–Crippen MR) is 91.6 cm³/mol. The zero-order valence-corrected chi connectivity index (χ0v) is 13.9. The van der Waals surface area contributed by atoms with Gasteiger partial charge in [-0.1, -0.05) is 12.1 Å². The van der Waals surface area contributed by atoms with E-state index in [0.29, 0.717) is 12.1 Å². The van der Waals surface area contributed by atoms with Crippen LogP contribution >= 0.6 is 0 Å². The van der Waals surface area contributed by atoms with Crippen LogP contribution in [0.15, 0.2) is 36.7 Å². The molecular formula is C16H19N3O4S. The Hall–Kier alpha value is -2.19. The molecule has 0 radical (unpaired) electrons. The van der Waals surface area contributed by atoms with Crippen molar-refractivity contribution < 1.29 is 18.3 Å². The van der Waals surface area contributed by atoms with Crippen LogP contribution in [0.5, 0.6) is 0 Å². The fraction of sp³-hybridized carbons (Fsp3) is 0.375. The van der Waals surface area contributed by atoms with E-state index >= 15 is 0 Å². The van der Waals surface area contributed by atoms with Crippen LogP contribution in [0.1, 0.15) is 6.42 Å². The molecule has 0 unspecified atom stereocenters. The molecule has 1 fully saturated rings. The lowest BCUT2D eigenvalue weighted by Gasteiger charge is -2.28. The van der Waals surface area contributed by atoms with Crippen molar-refractivity contribution in [2.24, 2.45) is 0 Å². The predicted octanol–water partition coefficient (Wildman–Crippen LogP) is 1.25.